The third kappa shape index (κ3) is 5.09. The Labute approximate surface area is 218 Å². The van der Waals surface area contributed by atoms with Crippen molar-refractivity contribution >= 4 is 33.8 Å². The van der Waals surface area contributed by atoms with Gasteiger partial charge in [0.1, 0.15) is 5.65 Å². The zero-order valence-electron chi connectivity index (χ0n) is 19.9. The molecular formula is C25H26ClN5O5S. The molecule has 37 heavy (non-hydrogen) atoms. The largest absolute Gasteiger partial charge is 0.356 e. The number of sulfone groups is 1. The van der Waals surface area contributed by atoms with Gasteiger partial charge in [-0.05, 0) is 30.5 Å². The van der Waals surface area contributed by atoms with Crippen molar-refractivity contribution < 1.29 is 13.2 Å². The molecule has 0 bridgehead atoms. The molecule has 1 aromatic carbocycles. The highest BCUT2D eigenvalue weighted by Crippen LogP contribution is 2.27. The number of benzene rings is 1. The number of hydrogen-bond donors (Lipinski definition) is 1. The third-order valence-corrected chi connectivity index (χ3v) is 8.11. The number of halogens is 1. The fraction of sp³-hybridized carbons (Fsp3) is 0.280. The molecule has 0 saturated heterocycles. The summed E-state index contributed by atoms with van der Waals surface area (Å²) in [6, 6.07) is 14.1. The molecule has 0 radical (unpaired) electrons. The molecule has 1 N–H and O–H groups in total. The fourth-order valence-electron chi connectivity index (χ4n) is 4.60. The summed E-state index contributed by atoms with van der Waals surface area (Å²) in [7, 11) is -3.77. The fourth-order valence-corrected chi connectivity index (χ4v) is 6.33. The molecular weight excluding hydrogens is 518 g/mol. The molecule has 0 atom stereocenters. The lowest BCUT2D eigenvalue weighted by Crippen LogP contribution is -2.45. The Kier molecular flexibility index (Phi) is 7.65. The SMILES string of the molecule is Cl.O=C(Cc1cccc2nccn12)NCCCn1c(=O)c(-c2ccccc2)c2n(c1=O)CCCS2(=O)=O. The van der Waals surface area contributed by atoms with Crippen molar-refractivity contribution in [3.05, 3.63) is 87.5 Å². The summed E-state index contributed by atoms with van der Waals surface area (Å²) < 4.78 is 29.9. The second-order valence-corrected chi connectivity index (χ2v) is 10.7. The second-order valence-electron chi connectivity index (χ2n) is 8.66. The first-order chi connectivity index (χ1) is 17.4. The lowest BCUT2D eigenvalue weighted by Gasteiger charge is -2.23. The molecule has 0 unspecified atom stereocenters. The number of amides is 1. The number of rotatable bonds is 7. The third-order valence-electron chi connectivity index (χ3n) is 6.27. The molecule has 0 spiro atoms. The van der Waals surface area contributed by atoms with Gasteiger partial charge < -0.3 is 9.72 Å². The van der Waals surface area contributed by atoms with Crippen LogP contribution in [0.2, 0.25) is 0 Å². The van der Waals surface area contributed by atoms with Gasteiger partial charge in [-0.2, -0.15) is 0 Å². The molecule has 12 heteroatoms. The predicted molar refractivity (Wildman–Crippen MR) is 141 cm³/mol. The smallest absolute Gasteiger partial charge is 0.332 e. The van der Waals surface area contributed by atoms with E-state index in [1.807, 2.05) is 22.6 Å². The summed E-state index contributed by atoms with van der Waals surface area (Å²) in [5.41, 5.74) is 0.737. The summed E-state index contributed by atoms with van der Waals surface area (Å²) in [4.78, 5) is 43.2. The lowest BCUT2D eigenvalue weighted by atomic mass is 10.1. The lowest BCUT2D eigenvalue weighted by molar-refractivity contribution is -0.120. The highest BCUT2D eigenvalue weighted by atomic mass is 35.5. The van der Waals surface area contributed by atoms with E-state index in [0.717, 1.165) is 15.9 Å². The maximum atomic E-state index is 13.4. The van der Waals surface area contributed by atoms with Gasteiger partial charge in [-0.15, -0.1) is 12.4 Å². The van der Waals surface area contributed by atoms with Crippen LogP contribution in [0.3, 0.4) is 0 Å². The average molecular weight is 544 g/mol. The Bertz CT molecular complexity index is 1680. The van der Waals surface area contributed by atoms with Gasteiger partial charge in [0.2, 0.25) is 5.91 Å². The van der Waals surface area contributed by atoms with E-state index in [1.54, 1.807) is 42.7 Å². The van der Waals surface area contributed by atoms with E-state index in [-0.39, 0.29) is 60.7 Å². The minimum atomic E-state index is -3.77. The van der Waals surface area contributed by atoms with Crippen molar-refractivity contribution in [1.29, 1.82) is 0 Å². The highest BCUT2D eigenvalue weighted by molar-refractivity contribution is 7.91. The van der Waals surface area contributed by atoms with Gasteiger partial charge in [0.15, 0.2) is 14.9 Å². The molecule has 10 nitrogen and oxygen atoms in total. The van der Waals surface area contributed by atoms with Gasteiger partial charge in [-0.1, -0.05) is 36.4 Å². The second kappa shape index (κ2) is 10.7. The van der Waals surface area contributed by atoms with Gasteiger partial charge in [0.25, 0.3) is 5.56 Å². The van der Waals surface area contributed by atoms with Crippen LogP contribution in [0, 0.1) is 0 Å². The first-order valence-corrected chi connectivity index (χ1v) is 13.4. The number of nitrogens with zero attached hydrogens (tertiary/aromatic N) is 4. The number of fused-ring (bicyclic) bond motifs is 2. The van der Waals surface area contributed by atoms with E-state index in [0.29, 0.717) is 18.4 Å². The zero-order chi connectivity index (χ0) is 25.3. The van der Waals surface area contributed by atoms with Crippen LogP contribution >= 0.6 is 12.4 Å². The zero-order valence-corrected chi connectivity index (χ0v) is 21.5. The number of aromatic nitrogens is 4. The maximum Gasteiger partial charge on any atom is 0.332 e. The Morgan fingerprint density at radius 2 is 1.84 bits per heavy atom. The topological polar surface area (TPSA) is 125 Å². The van der Waals surface area contributed by atoms with E-state index in [2.05, 4.69) is 10.3 Å². The number of imidazole rings is 1. The van der Waals surface area contributed by atoms with Crippen LogP contribution < -0.4 is 16.6 Å². The summed E-state index contributed by atoms with van der Waals surface area (Å²) in [5.74, 6) is -0.295. The Morgan fingerprint density at radius 3 is 2.62 bits per heavy atom. The van der Waals surface area contributed by atoms with Crippen LogP contribution in [-0.2, 0) is 34.1 Å². The van der Waals surface area contributed by atoms with Crippen molar-refractivity contribution in [3.63, 3.8) is 0 Å². The Morgan fingerprint density at radius 1 is 1.05 bits per heavy atom. The van der Waals surface area contributed by atoms with Gasteiger partial charge in [0.05, 0.1) is 17.7 Å². The van der Waals surface area contributed by atoms with Gasteiger partial charge in [-0.25, -0.2) is 18.2 Å². The number of carbonyl (C=O) groups excluding carboxylic acids is 1. The van der Waals surface area contributed by atoms with Crippen molar-refractivity contribution in [2.45, 2.75) is 37.4 Å². The van der Waals surface area contributed by atoms with E-state index in [9.17, 15) is 22.8 Å². The Balaban J connectivity index is 0.00000320. The van der Waals surface area contributed by atoms with Crippen molar-refractivity contribution in [2.24, 2.45) is 0 Å². The first-order valence-electron chi connectivity index (χ1n) is 11.7. The minimum Gasteiger partial charge on any atom is -0.356 e. The van der Waals surface area contributed by atoms with Crippen LogP contribution in [0.1, 0.15) is 18.5 Å². The summed E-state index contributed by atoms with van der Waals surface area (Å²) in [6.07, 6.45) is 4.25. The maximum absolute atomic E-state index is 13.4. The quantitative estimate of drug-likeness (QED) is 0.279. The monoisotopic (exact) mass is 543 g/mol. The van der Waals surface area contributed by atoms with Gasteiger partial charge >= 0.3 is 5.69 Å². The molecule has 0 aliphatic carbocycles. The van der Waals surface area contributed by atoms with E-state index in [1.165, 1.54) is 4.57 Å². The standard InChI is InChI=1S/C25H25N5O5S.ClH/c31-21(17-19-9-4-10-20-26-12-15-28(19)20)27-11-5-13-29-23(32)22(18-7-2-1-3-8-18)24-30(25(29)33)14-6-16-36(24,34)35;/h1-4,7-10,12,15H,5-6,11,13-14,16-17H2,(H,27,31);1H. The minimum absolute atomic E-state index is 0. The molecule has 194 valence electrons. The molecule has 4 aromatic rings. The molecule has 1 aliphatic rings. The summed E-state index contributed by atoms with van der Waals surface area (Å²) >= 11 is 0. The molecule has 4 heterocycles. The van der Waals surface area contributed by atoms with Crippen LogP contribution in [0.5, 0.6) is 0 Å². The molecule has 5 rings (SSSR count). The number of hydrogen-bond acceptors (Lipinski definition) is 6. The first kappa shape index (κ1) is 26.4. The molecule has 3 aromatic heterocycles. The number of nitrogens with one attached hydrogen (secondary N) is 1. The van der Waals surface area contributed by atoms with Gasteiger partial charge in [0, 0.05) is 37.7 Å². The van der Waals surface area contributed by atoms with E-state index < -0.39 is 21.1 Å². The number of pyridine rings is 1. The van der Waals surface area contributed by atoms with Crippen LogP contribution in [0.15, 0.2) is 75.5 Å². The van der Waals surface area contributed by atoms with Gasteiger partial charge in [-0.3, -0.25) is 18.7 Å². The predicted octanol–water partition coefficient (Wildman–Crippen LogP) is 1.67. The molecule has 0 fully saturated rings. The number of carbonyl (C=O) groups is 1. The Hall–Kier alpha value is -3.70. The van der Waals surface area contributed by atoms with E-state index >= 15 is 0 Å². The summed E-state index contributed by atoms with van der Waals surface area (Å²) in [5, 5.41) is 2.63. The van der Waals surface area contributed by atoms with Crippen LogP contribution in [0.25, 0.3) is 16.8 Å². The molecule has 1 aliphatic heterocycles. The van der Waals surface area contributed by atoms with Crippen molar-refractivity contribution in [2.75, 3.05) is 12.3 Å². The molecule has 1 amide bonds. The summed E-state index contributed by atoms with van der Waals surface area (Å²) in [6.45, 7) is 0.532. The highest BCUT2D eigenvalue weighted by Gasteiger charge is 2.32. The normalized spacial score (nSPS) is 14.1. The van der Waals surface area contributed by atoms with E-state index in [4.69, 9.17) is 0 Å². The van der Waals surface area contributed by atoms with Crippen LogP contribution in [0.4, 0.5) is 0 Å². The average Bonchev–Trinajstić information content (AvgIpc) is 3.35. The van der Waals surface area contributed by atoms with Crippen molar-refractivity contribution in [3.8, 4) is 11.1 Å². The van der Waals surface area contributed by atoms with Crippen molar-refractivity contribution in [1.82, 2.24) is 23.8 Å². The molecule has 0 saturated carbocycles. The van der Waals surface area contributed by atoms with Crippen LogP contribution in [-0.4, -0.2) is 45.1 Å².